The molecule has 0 aromatic heterocycles. The molecule has 2 bridgehead atoms. The van der Waals surface area contributed by atoms with Crippen LogP contribution in [0.1, 0.15) is 80.3 Å². The van der Waals surface area contributed by atoms with E-state index in [1.165, 1.54) is 4.31 Å². The van der Waals surface area contributed by atoms with E-state index in [4.69, 9.17) is 21.1 Å². The lowest BCUT2D eigenvalue weighted by Gasteiger charge is -2.32. The quantitative estimate of drug-likeness (QED) is 0.262. The minimum atomic E-state index is -3.23. The van der Waals surface area contributed by atoms with Gasteiger partial charge in [0.25, 0.3) is 5.91 Å². The van der Waals surface area contributed by atoms with E-state index < -0.39 is 27.3 Å². The lowest BCUT2D eigenvalue weighted by Crippen LogP contribution is -2.37. The molecule has 4 aliphatic rings. The smallest absolute Gasteiger partial charge is 0.292 e. The number of amides is 1. The van der Waals surface area contributed by atoms with Crippen LogP contribution >= 0.6 is 11.6 Å². The third kappa shape index (κ3) is 8.10. The van der Waals surface area contributed by atoms with Crippen LogP contribution in [0, 0.1) is 17.7 Å². The highest BCUT2D eigenvalue weighted by atomic mass is 35.5. The zero-order valence-electron chi connectivity index (χ0n) is 28.5. The molecule has 9 nitrogen and oxygen atoms in total. The number of carbonyl (C=O) groups is 1. The molecule has 6 atom stereocenters. The molecule has 0 spiro atoms. The van der Waals surface area contributed by atoms with Crippen molar-refractivity contribution in [3.05, 3.63) is 69.5 Å². The van der Waals surface area contributed by atoms with Gasteiger partial charge in [0.15, 0.2) is 0 Å². The van der Waals surface area contributed by atoms with E-state index in [0.717, 1.165) is 36.1 Å². The van der Waals surface area contributed by atoms with Gasteiger partial charge in [0, 0.05) is 50.0 Å². The standard InChI is InChI=1S/C36H47ClFN3O6S2/c1-4-7-29-28(9-10-31(37)34(29)38)27-21-40-14-12-24(5-2)35(46-16-15-41-13-6-17-49(41,44)45)30-19-26(30)18-23(3)48(43)39-36(42)25-8-11-33(47-22-27)32(40)20-25/h8-11,19-20,23-24,26-27,35H,4-7,12-18,21-22H2,1-3H3,(H,39,42). The molecular weight excluding hydrogens is 689 g/mol. The summed E-state index contributed by atoms with van der Waals surface area (Å²) < 4.78 is 70.7. The summed E-state index contributed by atoms with van der Waals surface area (Å²) in [7, 11) is -3.23. The predicted octanol–water partition coefficient (Wildman–Crippen LogP) is 5.99. The molecule has 49 heavy (non-hydrogen) atoms. The number of fused-ring (bicyclic) bond motifs is 2. The van der Waals surface area contributed by atoms with Crippen molar-refractivity contribution in [1.29, 1.82) is 0 Å². The monoisotopic (exact) mass is 735 g/mol. The fourth-order valence-corrected chi connectivity index (χ4v) is 10.1. The zero-order chi connectivity index (χ0) is 34.9. The maximum Gasteiger partial charge on any atom is 0.292 e. The van der Waals surface area contributed by atoms with Crippen molar-refractivity contribution in [2.75, 3.05) is 50.0 Å². The number of benzene rings is 2. The Bertz CT molecular complexity index is 1680. The highest BCUT2D eigenvalue weighted by molar-refractivity contribution is 7.90. The number of allylic oxidation sites excluding steroid dienone is 1. The van der Waals surface area contributed by atoms with Gasteiger partial charge in [-0.3, -0.25) is 4.79 Å². The van der Waals surface area contributed by atoms with Crippen molar-refractivity contribution in [3.63, 3.8) is 0 Å². The van der Waals surface area contributed by atoms with E-state index >= 15 is 4.39 Å². The van der Waals surface area contributed by atoms with Gasteiger partial charge in [0.1, 0.15) is 16.8 Å². The van der Waals surface area contributed by atoms with Gasteiger partial charge in [-0.05, 0) is 73.1 Å². The molecule has 3 aliphatic heterocycles. The molecule has 1 aliphatic carbocycles. The van der Waals surface area contributed by atoms with Crippen LogP contribution in [0.3, 0.4) is 0 Å². The third-order valence-electron chi connectivity index (χ3n) is 10.4. The largest absolute Gasteiger partial charge is 0.593 e. The summed E-state index contributed by atoms with van der Waals surface area (Å²) >= 11 is 4.62. The summed E-state index contributed by atoms with van der Waals surface area (Å²) in [6.45, 7) is 8.63. The number of hydrogen-bond acceptors (Lipinski definition) is 7. The number of halogens is 2. The molecule has 1 N–H and O–H groups in total. The Hall–Kier alpha value is -2.35. The normalized spacial score (nSPS) is 28.7. The van der Waals surface area contributed by atoms with Gasteiger partial charge in [-0.25, -0.2) is 12.8 Å². The first-order valence-corrected chi connectivity index (χ1v) is 20.7. The molecule has 268 valence electrons. The predicted molar refractivity (Wildman–Crippen MR) is 192 cm³/mol. The number of sulfonamides is 1. The molecule has 1 amide bonds. The van der Waals surface area contributed by atoms with Crippen LogP contribution in [-0.2, 0) is 32.5 Å². The summed E-state index contributed by atoms with van der Waals surface area (Å²) in [4.78, 5) is 15.6. The number of nitrogens with one attached hydrogen (secondary N) is 1. The van der Waals surface area contributed by atoms with Crippen LogP contribution in [0.5, 0.6) is 5.75 Å². The topological polar surface area (TPSA) is 111 Å². The molecule has 3 heterocycles. The lowest BCUT2D eigenvalue weighted by molar-refractivity contribution is 0.0296. The second-order valence-electron chi connectivity index (χ2n) is 13.7. The number of nitrogens with zero attached hydrogens (tertiary/aromatic N) is 2. The van der Waals surface area contributed by atoms with E-state index in [0.29, 0.717) is 68.9 Å². The van der Waals surface area contributed by atoms with Gasteiger partial charge >= 0.3 is 0 Å². The zero-order valence-corrected chi connectivity index (χ0v) is 30.8. The first kappa shape index (κ1) is 36.4. The van der Waals surface area contributed by atoms with E-state index in [-0.39, 0.29) is 52.3 Å². The van der Waals surface area contributed by atoms with Crippen molar-refractivity contribution in [3.8, 4) is 5.75 Å². The maximum atomic E-state index is 15.4. The van der Waals surface area contributed by atoms with E-state index in [1.807, 2.05) is 19.9 Å². The lowest BCUT2D eigenvalue weighted by atomic mass is 9.90. The average Bonchev–Trinajstić information content (AvgIpc) is 3.78. The number of carbonyl (C=O) groups excluding carboxylic acids is 1. The van der Waals surface area contributed by atoms with Gasteiger partial charge in [-0.1, -0.05) is 50.4 Å². The minimum absolute atomic E-state index is 0.105. The highest BCUT2D eigenvalue weighted by Crippen LogP contribution is 2.43. The second kappa shape index (κ2) is 15.5. The van der Waals surface area contributed by atoms with Crippen molar-refractivity contribution >= 4 is 44.6 Å². The van der Waals surface area contributed by atoms with Gasteiger partial charge in [0.05, 0.1) is 47.1 Å². The summed E-state index contributed by atoms with van der Waals surface area (Å²) in [5.41, 5.74) is 3.77. The number of hydrogen-bond donors (Lipinski definition) is 1. The van der Waals surface area contributed by atoms with Crippen LogP contribution in [0.2, 0.25) is 5.02 Å². The molecule has 1 saturated heterocycles. The van der Waals surface area contributed by atoms with Crippen LogP contribution in [0.15, 0.2) is 42.0 Å². The number of anilines is 1. The van der Waals surface area contributed by atoms with E-state index in [9.17, 15) is 17.8 Å². The molecule has 1 fully saturated rings. The molecule has 0 radical (unpaired) electrons. The van der Waals surface area contributed by atoms with E-state index in [2.05, 4.69) is 22.6 Å². The molecule has 2 aromatic rings. The SMILES string of the molecule is CCCc1c(C2COc3ccc4cc3N(CCC(CC)C(OCCN3CCCS3(=O)=O)C3=CC3CC(C)[S+]([O-])NC4=O)C2)ccc(Cl)c1F. The van der Waals surface area contributed by atoms with Crippen LogP contribution in [0.4, 0.5) is 10.1 Å². The van der Waals surface area contributed by atoms with Crippen molar-refractivity contribution in [1.82, 2.24) is 9.03 Å². The fourth-order valence-electron chi connectivity index (χ4n) is 7.54. The van der Waals surface area contributed by atoms with Gasteiger partial charge in [0.2, 0.25) is 10.0 Å². The van der Waals surface area contributed by atoms with Crippen LogP contribution in [-0.4, -0.2) is 79.7 Å². The molecule has 13 heteroatoms. The van der Waals surface area contributed by atoms with Crippen molar-refractivity contribution < 1.29 is 31.6 Å². The van der Waals surface area contributed by atoms with Gasteiger partial charge < -0.3 is 18.9 Å². The Morgan fingerprint density at radius 3 is 2.76 bits per heavy atom. The Labute approximate surface area is 297 Å². The summed E-state index contributed by atoms with van der Waals surface area (Å²) in [5.74, 6) is 0.0636. The van der Waals surface area contributed by atoms with E-state index in [1.54, 1.807) is 24.3 Å². The average molecular weight is 736 g/mol. The van der Waals surface area contributed by atoms with Crippen molar-refractivity contribution in [2.24, 2.45) is 11.8 Å². The first-order chi connectivity index (χ1) is 23.5. The Balaban J connectivity index is 1.32. The molecule has 6 unspecified atom stereocenters. The fraction of sp³-hybridized carbons (Fsp3) is 0.583. The number of rotatable bonds is 8. The third-order valence-corrected chi connectivity index (χ3v) is 13.9. The maximum absolute atomic E-state index is 15.4. The Morgan fingerprint density at radius 1 is 1.20 bits per heavy atom. The summed E-state index contributed by atoms with van der Waals surface area (Å²) in [5, 5.41) is -0.185. The van der Waals surface area contributed by atoms with Gasteiger partial charge in [-0.15, -0.1) is 0 Å². The minimum Gasteiger partial charge on any atom is -0.593 e. The summed E-state index contributed by atoms with van der Waals surface area (Å²) in [6, 6.07) is 8.80. The highest BCUT2D eigenvalue weighted by Gasteiger charge is 2.40. The molecule has 2 aromatic carbocycles. The molecule has 0 saturated carbocycles. The second-order valence-corrected chi connectivity index (χ2v) is 17.8. The van der Waals surface area contributed by atoms with Gasteiger partial charge in [-0.2, -0.15) is 9.03 Å². The molecule has 6 rings (SSSR count). The van der Waals surface area contributed by atoms with Crippen LogP contribution < -0.4 is 14.4 Å². The Morgan fingerprint density at radius 2 is 2.02 bits per heavy atom. The Kier molecular flexibility index (Phi) is 11.5. The van der Waals surface area contributed by atoms with Crippen LogP contribution in [0.25, 0.3) is 0 Å². The molecular formula is C36H47ClFN3O6S2. The number of ether oxygens (including phenoxy) is 2. The first-order valence-electron chi connectivity index (χ1n) is 17.5. The van der Waals surface area contributed by atoms with Crippen molar-refractivity contribution in [2.45, 2.75) is 76.6 Å². The summed E-state index contributed by atoms with van der Waals surface area (Å²) in [6.07, 6.45) is 6.11.